The van der Waals surface area contributed by atoms with Gasteiger partial charge in [-0.2, -0.15) is 0 Å². The molecule has 5 nitrogen and oxygen atoms in total. The predicted octanol–water partition coefficient (Wildman–Crippen LogP) is 1.22. The number of carbonyl (C=O) groups excluding carboxylic acids is 1. The Morgan fingerprint density at radius 1 is 1.60 bits per heavy atom. The lowest BCUT2D eigenvalue weighted by Crippen LogP contribution is -2.27. The smallest absolute Gasteiger partial charge is 0.271 e. The molecule has 0 aromatic carbocycles. The number of nitrogens with zero attached hydrogens (tertiary/aromatic N) is 3. The first-order chi connectivity index (χ1) is 7.16. The Balaban J connectivity index is 2.24. The summed E-state index contributed by atoms with van der Waals surface area (Å²) in [5.74, 6) is -0.264. The molecule has 1 amide bonds. The van der Waals surface area contributed by atoms with E-state index in [1.165, 1.54) is 5.06 Å². The molecule has 0 radical (unpaired) electrons. The van der Waals surface area contributed by atoms with Crippen molar-refractivity contribution < 1.29 is 9.63 Å². The van der Waals surface area contributed by atoms with Crippen molar-refractivity contribution in [2.45, 2.75) is 13.3 Å². The van der Waals surface area contributed by atoms with E-state index in [0.717, 1.165) is 6.42 Å². The van der Waals surface area contributed by atoms with Gasteiger partial charge in [-0.3, -0.25) is 9.63 Å². The van der Waals surface area contributed by atoms with Crippen molar-refractivity contribution >= 4 is 17.5 Å². The summed E-state index contributed by atoms with van der Waals surface area (Å²) in [5.41, 5.74) is 0.937. The minimum atomic E-state index is -0.264. The molecule has 0 atom stereocenters. The van der Waals surface area contributed by atoms with Gasteiger partial charge in [0.15, 0.2) is 0 Å². The molecule has 1 aliphatic heterocycles. The van der Waals surface area contributed by atoms with Crippen molar-refractivity contribution in [3.8, 4) is 0 Å². The monoisotopic (exact) mass is 227 g/mol. The zero-order chi connectivity index (χ0) is 10.8. The second-order valence-corrected chi connectivity index (χ2v) is 3.60. The SMILES string of the molecule is Cc1cc(C(=O)N2CCCO2)nc(Cl)n1. The molecule has 1 aromatic rings. The summed E-state index contributed by atoms with van der Waals surface area (Å²) < 4.78 is 0. The normalized spacial score (nSPS) is 15.7. The van der Waals surface area contributed by atoms with Crippen LogP contribution < -0.4 is 0 Å². The summed E-state index contributed by atoms with van der Waals surface area (Å²) in [6.07, 6.45) is 0.851. The van der Waals surface area contributed by atoms with Crippen molar-refractivity contribution in [3.05, 3.63) is 22.7 Å². The van der Waals surface area contributed by atoms with Gasteiger partial charge in [0.05, 0.1) is 13.2 Å². The number of hydroxylamine groups is 2. The van der Waals surface area contributed by atoms with E-state index in [1.807, 2.05) is 0 Å². The molecule has 0 aliphatic carbocycles. The summed E-state index contributed by atoms with van der Waals surface area (Å²) in [5, 5.41) is 1.38. The fraction of sp³-hybridized carbons (Fsp3) is 0.444. The molecular weight excluding hydrogens is 218 g/mol. The quantitative estimate of drug-likeness (QED) is 0.677. The minimum absolute atomic E-state index is 0.0811. The number of amides is 1. The molecule has 0 unspecified atom stereocenters. The summed E-state index contributed by atoms with van der Waals surface area (Å²) in [7, 11) is 0. The molecule has 2 heterocycles. The Kier molecular flexibility index (Phi) is 2.83. The largest absolute Gasteiger partial charge is 0.296 e. The number of hydrogen-bond donors (Lipinski definition) is 0. The standard InChI is InChI=1S/C9H10ClN3O2/c1-6-5-7(12-9(10)11-6)8(14)13-3-2-4-15-13/h5H,2-4H2,1H3. The fourth-order valence-corrected chi connectivity index (χ4v) is 1.60. The molecule has 0 N–H and O–H groups in total. The highest BCUT2D eigenvalue weighted by Crippen LogP contribution is 2.12. The highest BCUT2D eigenvalue weighted by molar-refractivity contribution is 6.28. The second kappa shape index (κ2) is 4.12. The van der Waals surface area contributed by atoms with Gasteiger partial charge >= 0.3 is 0 Å². The number of aromatic nitrogens is 2. The Morgan fingerprint density at radius 2 is 2.40 bits per heavy atom. The van der Waals surface area contributed by atoms with E-state index in [-0.39, 0.29) is 16.9 Å². The molecule has 0 spiro atoms. The first-order valence-corrected chi connectivity index (χ1v) is 5.00. The zero-order valence-electron chi connectivity index (χ0n) is 8.23. The third-order valence-corrected chi connectivity index (χ3v) is 2.19. The maximum atomic E-state index is 11.8. The van der Waals surface area contributed by atoms with Gasteiger partial charge in [-0.05, 0) is 31.0 Å². The summed E-state index contributed by atoms with van der Waals surface area (Å²) in [4.78, 5) is 24.7. The lowest BCUT2D eigenvalue weighted by Gasteiger charge is -2.13. The van der Waals surface area contributed by atoms with E-state index < -0.39 is 0 Å². The van der Waals surface area contributed by atoms with Gasteiger partial charge in [0, 0.05) is 5.69 Å². The van der Waals surface area contributed by atoms with Crippen LogP contribution in [0.5, 0.6) is 0 Å². The van der Waals surface area contributed by atoms with Crippen molar-refractivity contribution in [1.29, 1.82) is 0 Å². The summed E-state index contributed by atoms with van der Waals surface area (Å²) >= 11 is 5.67. The molecule has 6 heteroatoms. The highest BCUT2D eigenvalue weighted by atomic mass is 35.5. The van der Waals surface area contributed by atoms with Crippen molar-refractivity contribution in [2.24, 2.45) is 0 Å². The average molecular weight is 228 g/mol. The third-order valence-electron chi connectivity index (χ3n) is 2.03. The van der Waals surface area contributed by atoms with Gasteiger partial charge in [-0.15, -0.1) is 0 Å². The van der Waals surface area contributed by atoms with Gasteiger partial charge in [0.2, 0.25) is 5.28 Å². The van der Waals surface area contributed by atoms with Crippen molar-refractivity contribution in [2.75, 3.05) is 13.2 Å². The van der Waals surface area contributed by atoms with E-state index >= 15 is 0 Å². The topological polar surface area (TPSA) is 55.3 Å². The molecule has 15 heavy (non-hydrogen) atoms. The molecular formula is C9H10ClN3O2. The summed E-state index contributed by atoms with van der Waals surface area (Å²) in [6, 6.07) is 1.59. The zero-order valence-corrected chi connectivity index (χ0v) is 8.99. The maximum Gasteiger partial charge on any atom is 0.296 e. The summed E-state index contributed by atoms with van der Waals surface area (Å²) in [6.45, 7) is 2.93. The van der Waals surface area contributed by atoms with Gasteiger partial charge in [0.25, 0.3) is 5.91 Å². The minimum Gasteiger partial charge on any atom is -0.271 e. The van der Waals surface area contributed by atoms with Crippen LogP contribution in [0, 0.1) is 6.92 Å². The van der Waals surface area contributed by atoms with Gasteiger partial charge in [0.1, 0.15) is 5.69 Å². The van der Waals surface area contributed by atoms with E-state index in [9.17, 15) is 4.79 Å². The van der Waals surface area contributed by atoms with Gasteiger partial charge < -0.3 is 0 Å². The third kappa shape index (κ3) is 2.24. The van der Waals surface area contributed by atoms with Crippen LogP contribution in [0.4, 0.5) is 0 Å². The molecule has 0 saturated carbocycles. The lowest BCUT2D eigenvalue weighted by atomic mass is 10.3. The van der Waals surface area contributed by atoms with Crippen molar-refractivity contribution in [3.63, 3.8) is 0 Å². The first-order valence-electron chi connectivity index (χ1n) is 4.63. The number of aryl methyl sites for hydroxylation is 1. The van der Waals surface area contributed by atoms with Gasteiger partial charge in [-0.25, -0.2) is 15.0 Å². The molecule has 1 aromatic heterocycles. The molecule has 2 rings (SSSR count). The van der Waals surface area contributed by atoms with Gasteiger partial charge in [-0.1, -0.05) is 0 Å². The maximum absolute atomic E-state index is 11.8. The fourth-order valence-electron chi connectivity index (χ4n) is 1.38. The highest BCUT2D eigenvalue weighted by Gasteiger charge is 2.22. The number of carbonyl (C=O) groups is 1. The lowest BCUT2D eigenvalue weighted by molar-refractivity contribution is -0.0772. The van der Waals surface area contributed by atoms with Crippen LogP contribution in [0.3, 0.4) is 0 Å². The number of rotatable bonds is 1. The molecule has 1 fully saturated rings. The molecule has 1 saturated heterocycles. The van der Waals surface area contributed by atoms with Crippen LogP contribution in [0.15, 0.2) is 6.07 Å². The van der Waals surface area contributed by atoms with E-state index in [2.05, 4.69) is 9.97 Å². The van der Waals surface area contributed by atoms with Crippen LogP contribution >= 0.6 is 11.6 Å². The Bertz CT molecular complexity index is 371. The van der Waals surface area contributed by atoms with E-state index in [0.29, 0.717) is 18.8 Å². The second-order valence-electron chi connectivity index (χ2n) is 3.26. The Labute approximate surface area is 92.0 Å². The Hall–Kier alpha value is -1.20. The van der Waals surface area contributed by atoms with Crippen molar-refractivity contribution in [1.82, 2.24) is 15.0 Å². The van der Waals surface area contributed by atoms with Crippen LogP contribution in [0.2, 0.25) is 5.28 Å². The molecule has 80 valence electrons. The van der Waals surface area contributed by atoms with E-state index in [4.69, 9.17) is 16.4 Å². The predicted molar refractivity (Wildman–Crippen MR) is 53.4 cm³/mol. The number of hydrogen-bond acceptors (Lipinski definition) is 4. The number of halogens is 1. The van der Waals surface area contributed by atoms with Crippen LogP contribution in [-0.2, 0) is 4.84 Å². The Morgan fingerprint density at radius 3 is 3.00 bits per heavy atom. The average Bonchev–Trinajstić information content (AvgIpc) is 2.67. The van der Waals surface area contributed by atoms with Crippen LogP contribution in [0.1, 0.15) is 22.6 Å². The molecule has 1 aliphatic rings. The molecule has 0 bridgehead atoms. The van der Waals surface area contributed by atoms with E-state index in [1.54, 1.807) is 13.0 Å². The van der Waals surface area contributed by atoms with Crippen LogP contribution in [-0.4, -0.2) is 34.1 Å². The first kappa shape index (κ1) is 10.3. The van der Waals surface area contributed by atoms with Crippen LogP contribution in [0.25, 0.3) is 0 Å².